The van der Waals surface area contributed by atoms with Crippen LogP contribution in [-0.4, -0.2) is 23.8 Å². The van der Waals surface area contributed by atoms with E-state index in [-0.39, 0.29) is 0 Å². The Morgan fingerprint density at radius 1 is 0.913 bits per heavy atom. The number of aliphatic hydroxyl groups is 1. The van der Waals surface area contributed by atoms with E-state index in [2.05, 4.69) is 0 Å². The Hall–Kier alpha value is -1.78. The molecule has 0 fully saturated rings. The molecule has 0 bridgehead atoms. The quantitative estimate of drug-likeness (QED) is 0.793. The van der Waals surface area contributed by atoms with Gasteiger partial charge >= 0.3 is 7.48 Å². The van der Waals surface area contributed by atoms with E-state index in [1.165, 1.54) is 0 Å². The minimum absolute atomic E-state index is 0.623. The van der Waals surface area contributed by atoms with Gasteiger partial charge < -0.3 is 14.5 Å². The minimum atomic E-state index is -0.889. The normalized spacial score (nSPS) is 14.1. The Labute approximate surface area is 139 Å². The molecular weight excluding hydrogens is 287 g/mol. The second-order valence-corrected chi connectivity index (χ2v) is 6.36. The van der Waals surface area contributed by atoms with E-state index >= 15 is 0 Å². The molecule has 1 N–H and O–H groups in total. The topological polar surface area (TPSA) is 38.7 Å². The van der Waals surface area contributed by atoms with Crippen molar-refractivity contribution in [1.29, 1.82) is 0 Å². The number of ether oxygens (including phenoxy) is 1. The van der Waals surface area contributed by atoms with Gasteiger partial charge in [-0.3, -0.25) is 0 Å². The number of hydrogen-bond acceptors (Lipinski definition) is 3. The molecule has 0 amide bonds. The molecule has 0 heterocycles. The van der Waals surface area contributed by atoms with Crippen LogP contribution in [0.3, 0.4) is 0 Å². The highest BCUT2D eigenvalue weighted by atomic mass is 16.5. The van der Waals surface area contributed by atoms with Gasteiger partial charge in [0.15, 0.2) is 0 Å². The molecule has 1 unspecified atom stereocenters. The van der Waals surface area contributed by atoms with Crippen molar-refractivity contribution in [3.63, 3.8) is 0 Å². The highest BCUT2D eigenvalue weighted by Crippen LogP contribution is 2.28. The second-order valence-electron chi connectivity index (χ2n) is 6.36. The van der Waals surface area contributed by atoms with Crippen molar-refractivity contribution >= 4 is 12.9 Å². The van der Waals surface area contributed by atoms with Crippen LogP contribution in [0.15, 0.2) is 54.6 Å². The molecule has 0 saturated heterocycles. The van der Waals surface area contributed by atoms with Gasteiger partial charge in [-0.05, 0) is 51.5 Å². The van der Waals surface area contributed by atoms with Gasteiger partial charge in [-0.25, -0.2) is 0 Å². The van der Waals surface area contributed by atoms with Crippen LogP contribution >= 0.6 is 0 Å². The standard InChI is InChI=1S/C19H24BO3/c1-5-19(4,21)18(2,3)23-20-15-11-13-17(14-12-15)22-16-9-7-6-8-10-16/h6-14,21H,5H2,1-4H3. The first kappa shape index (κ1) is 17.6. The molecule has 2 aromatic carbocycles. The number of rotatable bonds is 7. The van der Waals surface area contributed by atoms with Gasteiger partial charge in [0.25, 0.3) is 0 Å². The Bertz CT molecular complexity index is 606. The summed E-state index contributed by atoms with van der Waals surface area (Å²) in [6.07, 6.45) is 0.623. The lowest BCUT2D eigenvalue weighted by atomic mass is 9.80. The Morgan fingerprint density at radius 2 is 1.48 bits per heavy atom. The van der Waals surface area contributed by atoms with E-state index in [9.17, 15) is 5.11 Å². The molecule has 4 heteroatoms. The van der Waals surface area contributed by atoms with E-state index in [0.717, 1.165) is 17.0 Å². The maximum Gasteiger partial charge on any atom is 0.330 e. The third-order valence-corrected chi connectivity index (χ3v) is 4.33. The largest absolute Gasteiger partial charge is 0.457 e. The van der Waals surface area contributed by atoms with Crippen molar-refractivity contribution < 1.29 is 14.5 Å². The van der Waals surface area contributed by atoms with Crippen molar-refractivity contribution in [3.8, 4) is 11.5 Å². The van der Waals surface area contributed by atoms with Crippen LogP contribution in [0.5, 0.6) is 11.5 Å². The zero-order valence-corrected chi connectivity index (χ0v) is 14.2. The molecule has 1 radical (unpaired) electrons. The Kier molecular flexibility index (Phi) is 5.50. The number of para-hydroxylation sites is 1. The molecule has 0 aliphatic heterocycles. The smallest absolute Gasteiger partial charge is 0.330 e. The summed E-state index contributed by atoms with van der Waals surface area (Å²) in [6, 6.07) is 17.3. The van der Waals surface area contributed by atoms with Crippen LogP contribution in [-0.2, 0) is 4.65 Å². The predicted molar refractivity (Wildman–Crippen MR) is 94.4 cm³/mol. The molecule has 0 saturated carbocycles. The summed E-state index contributed by atoms with van der Waals surface area (Å²) in [5.41, 5.74) is -0.633. The van der Waals surface area contributed by atoms with Gasteiger partial charge in [0.2, 0.25) is 0 Å². The van der Waals surface area contributed by atoms with Crippen LogP contribution in [0.25, 0.3) is 0 Å². The summed E-state index contributed by atoms with van der Waals surface area (Å²) in [4.78, 5) is 0. The summed E-state index contributed by atoms with van der Waals surface area (Å²) in [5, 5.41) is 10.4. The second kappa shape index (κ2) is 7.20. The zero-order valence-electron chi connectivity index (χ0n) is 14.2. The van der Waals surface area contributed by atoms with Crippen LogP contribution in [0, 0.1) is 0 Å². The summed E-state index contributed by atoms with van der Waals surface area (Å²) < 4.78 is 11.6. The molecule has 121 valence electrons. The Balaban J connectivity index is 1.95. The first-order chi connectivity index (χ1) is 10.8. The van der Waals surface area contributed by atoms with Crippen LogP contribution in [0.1, 0.15) is 34.1 Å². The lowest BCUT2D eigenvalue weighted by molar-refractivity contribution is -0.104. The lowest BCUT2D eigenvalue weighted by Crippen LogP contribution is -2.51. The number of benzene rings is 2. The monoisotopic (exact) mass is 311 g/mol. The van der Waals surface area contributed by atoms with Crippen molar-refractivity contribution in [3.05, 3.63) is 54.6 Å². The van der Waals surface area contributed by atoms with Gasteiger partial charge in [0.05, 0.1) is 11.2 Å². The fourth-order valence-electron chi connectivity index (χ4n) is 2.01. The van der Waals surface area contributed by atoms with Gasteiger partial charge in [-0.1, -0.05) is 42.7 Å². The third kappa shape index (κ3) is 4.60. The average Bonchev–Trinajstić information content (AvgIpc) is 2.55. The van der Waals surface area contributed by atoms with Crippen molar-refractivity contribution in [2.45, 2.75) is 45.3 Å². The van der Waals surface area contributed by atoms with Gasteiger partial charge in [0.1, 0.15) is 11.5 Å². The summed E-state index contributed by atoms with van der Waals surface area (Å²) in [6.45, 7) is 7.51. The van der Waals surface area contributed by atoms with Gasteiger partial charge in [-0.15, -0.1) is 0 Å². The molecule has 2 aromatic rings. The molecule has 0 aliphatic carbocycles. The predicted octanol–water partition coefficient (Wildman–Crippen LogP) is 3.68. The molecule has 23 heavy (non-hydrogen) atoms. The van der Waals surface area contributed by atoms with E-state index in [4.69, 9.17) is 9.39 Å². The molecule has 0 aliphatic rings. The molecule has 2 rings (SSSR count). The van der Waals surface area contributed by atoms with Crippen LogP contribution in [0.4, 0.5) is 0 Å². The highest BCUT2D eigenvalue weighted by molar-refractivity contribution is 6.47. The van der Waals surface area contributed by atoms with Gasteiger partial charge in [0, 0.05) is 0 Å². The van der Waals surface area contributed by atoms with Crippen molar-refractivity contribution in [2.75, 3.05) is 0 Å². The number of hydrogen-bond donors (Lipinski definition) is 1. The first-order valence-electron chi connectivity index (χ1n) is 7.90. The lowest BCUT2D eigenvalue weighted by Gasteiger charge is -2.39. The molecular formula is C19H24BO3. The maximum atomic E-state index is 10.4. The average molecular weight is 311 g/mol. The fourth-order valence-corrected chi connectivity index (χ4v) is 2.01. The van der Waals surface area contributed by atoms with E-state index in [0.29, 0.717) is 6.42 Å². The first-order valence-corrected chi connectivity index (χ1v) is 7.90. The summed E-state index contributed by atoms with van der Waals surface area (Å²) in [7, 11) is 1.68. The van der Waals surface area contributed by atoms with Crippen molar-refractivity contribution in [1.82, 2.24) is 0 Å². The molecule has 0 aromatic heterocycles. The van der Waals surface area contributed by atoms with E-state index in [1.54, 1.807) is 14.4 Å². The summed E-state index contributed by atoms with van der Waals surface area (Å²) >= 11 is 0. The molecule has 3 nitrogen and oxygen atoms in total. The SMILES string of the molecule is CCC(C)(O)C(C)(C)O[B]c1ccc(Oc2ccccc2)cc1. The van der Waals surface area contributed by atoms with Crippen LogP contribution in [0.2, 0.25) is 0 Å². The maximum absolute atomic E-state index is 10.4. The fraction of sp³-hybridized carbons (Fsp3) is 0.368. The molecule has 0 spiro atoms. The van der Waals surface area contributed by atoms with E-state index in [1.807, 2.05) is 75.4 Å². The Morgan fingerprint density at radius 3 is 2.04 bits per heavy atom. The highest BCUT2D eigenvalue weighted by Gasteiger charge is 2.38. The van der Waals surface area contributed by atoms with Crippen molar-refractivity contribution in [2.24, 2.45) is 0 Å². The van der Waals surface area contributed by atoms with Crippen LogP contribution < -0.4 is 10.2 Å². The zero-order chi connectivity index (χ0) is 16.9. The van der Waals surface area contributed by atoms with E-state index < -0.39 is 11.2 Å². The van der Waals surface area contributed by atoms with Gasteiger partial charge in [-0.2, -0.15) is 0 Å². The summed E-state index contributed by atoms with van der Waals surface area (Å²) in [5.74, 6) is 1.58. The minimum Gasteiger partial charge on any atom is -0.457 e. The molecule has 1 atom stereocenters. The third-order valence-electron chi connectivity index (χ3n) is 4.33.